The van der Waals surface area contributed by atoms with Gasteiger partial charge in [-0.05, 0) is 25.5 Å². The number of nitrogens with two attached hydrogens (primary N) is 1. The van der Waals surface area contributed by atoms with E-state index in [-0.39, 0.29) is 24.4 Å². The van der Waals surface area contributed by atoms with Crippen molar-refractivity contribution in [3.8, 4) is 11.5 Å². The molecule has 0 saturated carbocycles. The molecule has 0 bridgehead atoms. The third kappa shape index (κ3) is 3.06. The van der Waals surface area contributed by atoms with Gasteiger partial charge in [0.15, 0.2) is 5.82 Å². The zero-order valence-electron chi connectivity index (χ0n) is 11.7. The molecule has 1 aromatic heterocycles. The van der Waals surface area contributed by atoms with Gasteiger partial charge in [0, 0.05) is 19.1 Å². The van der Waals surface area contributed by atoms with Gasteiger partial charge in [-0.2, -0.15) is 4.98 Å². The number of halogens is 1. The van der Waals surface area contributed by atoms with Crippen LogP contribution in [0.15, 0.2) is 28.8 Å². The van der Waals surface area contributed by atoms with Crippen molar-refractivity contribution in [3.63, 3.8) is 0 Å². The second kappa shape index (κ2) is 6.24. The minimum absolute atomic E-state index is 0. The Kier molecular flexibility index (Phi) is 4.59. The van der Waals surface area contributed by atoms with Gasteiger partial charge >= 0.3 is 0 Å². The molecule has 3 rings (SSSR count). The molecular formula is C14H17ClN4O2. The minimum Gasteiger partial charge on any atom is -0.337 e. The molecule has 2 N–H and O–H groups in total. The summed E-state index contributed by atoms with van der Waals surface area (Å²) in [6.07, 6.45) is 0.841. The Labute approximate surface area is 128 Å². The summed E-state index contributed by atoms with van der Waals surface area (Å²) in [5, 5.41) is 3.77. The van der Waals surface area contributed by atoms with Gasteiger partial charge in [-0.3, -0.25) is 4.79 Å². The number of aryl methyl sites for hydroxylation is 1. The maximum absolute atomic E-state index is 12.6. The van der Waals surface area contributed by atoms with Crippen LogP contribution in [0.2, 0.25) is 0 Å². The van der Waals surface area contributed by atoms with Gasteiger partial charge < -0.3 is 15.2 Å². The van der Waals surface area contributed by atoms with Crippen molar-refractivity contribution in [1.82, 2.24) is 15.0 Å². The first kappa shape index (κ1) is 15.5. The van der Waals surface area contributed by atoms with E-state index >= 15 is 0 Å². The van der Waals surface area contributed by atoms with Gasteiger partial charge in [0.25, 0.3) is 11.8 Å². The van der Waals surface area contributed by atoms with Crippen molar-refractivity contribution < 1.29 is 9.32 Å². The average molecular weight is 309 g/mol. The molecular weight excluding hydrogens is 292 g/mol. The lowest BCUT2D eigenvalue weighted by atomic mass is 10.1. The molecule has 112 valence electrons. The zero-order valence-corrected chi connectivity index (χ0v) is 12.5. The lowest BCUT2D eigenvalue weighted by molar-refractivity contribution is 0.0791. The summed E-state index contributed by atoms with van der Waals surface area (Å²) in [7, 11) is 0. The SMILES string of the molecule is Cc1noc(-c2ccccc2C(=O)N2CC[C@@H](N)C2)n1.Cl. The maximum Gasteiger partial charge on any atom is 0.258 e. The average Bonchev–Trinajstić information content (AvgIpc) is 3.07. The summed E-state index contributed by atoms with van der Waals surface area (Å²) >= 11 is 0. The predicted molar refractivity (Wildman–Crippen MR) is 80.2 cm³/mol. The topological polar surface area (TPSA) is 85.2 Å². The van der Waals surface area contributed by atoms with Crippen molar-refractivity contribution in [1.29, 1.82) is 0 Å². The molecule has 0 radical (unpaired) electrons. The third-order valence-corrected chi connectivity index (χ3v) is 3.43. The van der Waals surface area contributed by atoms with E-state index in [0.717, 1.165) is 6.42 Å². The van der Waals surface area contributed by atoms with Crippen LogP contribution in [0.25, 0.3) is 11.5 Å². The van der Waals surface area contributed by atoms with E-state index in [1.807, 2.05) is 18.2 Å². The highest BCUT2D eigenvalue weighted by atomic mass is 35.5. The Hall–Kier alpha value is -1.92. The lowest BCUT2D eigenvalue weighted by Gasteiger charge is -2.17. The van der Waals surface area contributed by atoms with E-state index in [1.165, 1.54) is 0 Å². The highest BCUT2D eigenvalue weighted by Crippen LogP contribution is 2.24. The molecule has 1 aliphatic rings. The molecule has 1 amide bonds. The molecule has 1 atom stereocenters. The fourth-order valence-electron chi connectivity index (χ4n) is 2.40. The smallest absolute Gasteiger partial charge is 0.258 e. The molecule has 0 spiro atoms. The molecule has 2 heterocycles. The number of carbonyl (C=O) groups is 1. The van der Waals surface area contributed by atoms with Crippen LogP contribution in [0.3, 0.4) is 0 Å². The van der Waals surface area contributed by atoms with Gasteiger partial charge in [0.1, 0.15) is 0 Å². The van der Waals surface area contributed by atoms with Crippen LogP contribution in [-0.4, -0.2) is 40.1 Å². The van der Waals surface area contributed by atoms with E-state index in [9.17, 15) is 4.79 Å². The van der Waals surface area contributed by atoms with Crippen molar-refractivity contribution in [2.24, 2.45) is 5.73 Å². The van der Waals surface area contributed by atoms with E-state index in [4.69, 9.17) is 10.3 Å². The standard InChI is InChI=1S/C14H16N4O2.ClH/c1-9-16-13(20-17-9)11-4-2-3-5-12(11)14(19)18-7-6-10(15)8-18;/h2-5,10H,6-8,15H2,1H3;1H/t10-;/m1./s1. The predicted octanol–water partition coefficient (Wildman–Crippen LogP) is 1.64. The van der Waals surface area contributed by atoms with Gasteiger partial charge in [-0.25, -0.2) is 0 Å². The second-order valence-electron chi connectivity index (χ2n) is 4.99. The van der Waals surface area contributed by atoms with Crippen molar-refractivity contribution in [2.75, 3.05) is 13.1 Å². The number of carbonyl (C=O) groups excluding carboxylic acids is 1. The second-order valence-corrected chi connectivity index (χ2v) is 4.99. The fraction of sp³-hybridized carbons (Fsp3) is 0.357. The van der Waals surface area contributed by atoms with Gasteiger partial charge in [-0.15, -0.1) is 12.4 Å². The van der Waals surface area contributed by atoms with E-state index in [1.54, 1.807) is 17.9 Å². The Bertz CT molecular complexity index is 643. The summed E-state index contributed by atoms with van der Waals surface area (Å²) in [5.74, 6) is 0.879. The van der Waals surface area contributed by atoms with E-state index < -0.39 is 0 Å². The summed E-state index contributed by atoms with van der Waals surface area (Å²) in [5.41, 5.74) is 7.10. The Morgan fingerprint density at radius 2 is 2.19 bits per heavy atom. The Morgan fingerprint density at radius 1 is 1.43 bits per heavy atom. The summed E-state index contributed by atoms with van der Waals surface area (Å²) in [6, 6.07) is 7.34. The van der Waals surface area contributed by atoms with Crippen molar-refractivity contribution >= 4 is 18.3 Å². The van der Waals surface area contributed by atoms with Crippen molar-refractivity contribution in [3.05, 3.63) is 35.7 Å². The molecule has 0 aliphatic carbocycles. The first-order chi connectivity index (χ1) is 9.65. The number of likely N-dealkylation sites (tertiary alicyclic amines) is 1. The molecule has 1 fully saturated rings. The zero-order chi connectivity index (χ0) is 14.1. The number of hydrogen-bond donors (Lipinski definition) is 1. The molecule has 6 nitrogen and oxygen atoms in total. The number of nitrogens with zero attached hydrogens (tertiary/aromatic N) is 3. The summed E-state index contributed by atoms with van der Waals surface area (Å²) < 4.78 is 5.17. The first-order valence-electron chi connectivity index (χ1n) is 6.59. The first-order valence-corrected chi connectivity index (χ1v) is 6.59. The highest BCUT2D eigenvalue weighted by Gasteiger charge is 2.27. The highest BCUT2D eigenvalue weighted by molar-refractivity contribution is 6.00. The molecule has 1 aromatic carbocycles. The Balaban J connectivity index is 0.00000161. The molecule has 0 unspecified atom stereocenters. The van der Waals surface area contributed by atoms with Crippen LogP contribution in [0, 0.1) is 6.92 Å². The molecule has 1 saturated heterocycles. The Morgan fingerprint density at radius 3 is 2.81 bits per heavy atom. The molecule has 7 heteroatoms. The van der Waals surface area contributed by atoms with Crippen LogP contribution in [0.1, 0.15) is 22.6 Å². The minimum atomic E-state index is -0.0376. The normalized spacial score (nSPS) is 17.6. The molecule has 2 aromatic rings. The maximum atomic E-state index is 12.6. The van der Waals surface area contributed by atoms with Gasteiger partial charge in [0.05, 0.1) is 11.1 Å². The molecule has 1 aliphatic heterocycles. The van der Waals surface area contributed by atoms with Crippen molar-refractivity contribution in [2.45, 2.75) is 19.4 Å². The fourth-order valence-corrected chi connectivity index (χ4v) is 2.40. The van der Waals surface area contributed by atoms with E-state index in [0.29, 0.717) is 35.9 Å². The van der Waals surface area contributed by atoms with E-state index in [2.05, 4.69) is 10.1 Å². The number of aromatic nitrogens is 2. The van der Waals surface area contributed by atoms with Crippen LogP contribution < -0.4 is 5.73 Å². The van der Waals surface area contributed by atoms with Crippen LogP contribution in [-0.2, 0) is 0 Å². The number of benzene rings is 1. The summed E-state index contributed by atoms with van der Waals surface area (Å²) in [6.45, 7) is 3.03. The monoisotopic (exact) mass is 308 g/mol. The van der Waals surface area contributed by atoms with Gasteiger partial charge in [0.2, 0.25) is 0 Å². The largest absolute Gasteiger partial charge is 0.337 e. The number of rotatable bonds is 2. The van der Waals surface area contributed by atoms with Crippen LogP contribution in [0.5, 0.6) is 0 Å². The number of amides is 1. The number of hydrogen-bond acceptors (Lipinski definition) is 5. The molecule has 21 heavy (non-hydrogen) atoms. The lowest BCUT2D eigenvalue weighted by Crippen LogP contribution is -2.32. The van der Waals surface area contributed by atoms with Gasteiger partial charge in [-0.1, -0.05) is 17.3 Å². The van der Waals surface area contributed by atoms with Crippen LogP contribution >= 0.6 is 12.4 Å². The third-order valence-electron chi connectivity index (χ3n) is 3.43. The van der Waals surface area contributed by atoms with Crippen LogP contribution in [0.4, 0.5) is 0 Å². The summed E-state index contributed by atoms with van der Waals surface area (Å²) in [4.78, 5) is 18.5. The quantitative estimate of drug-likeness (QED) is 0.911.